The van der Waals surface area contributed by atoms with Gasteiger partial charge in [0.2, 0.25) is 0 Å². The van der Waals surface area contributed by atoms with Crippen LogP contribution < -0.4 is 14.8 Å². The second-order valence-corrected chi connectivity index (χ2v) is 4.70. The first-order valence-corrected chi connectivity index (χ1v) is 6.27. The molecule has 0 radical (unpaired) electrons. The van der Waals surface area contributed by atoms with Crippen LogP contribution in [0.15, 0.2) is 24.3 Å². The van der Waals surface area contributed by atoms with Crippen molar-refractivity contribution >= 4 is 0 Å². The third kappa shape index (κ3) is 5.89. The third-order valence-corrected chi connectivity index (χ3v) is 2.42. The molecule has 102 valence electrons. The average Bonchev–Trinajstić information content (AvgIpc) is 2.36. The predicted octanol–water partition coefficient (Wildman–Crippen LogP) is 1.68. The highest BCUT2D eigenvalue weighted by atomic mass is 16.5. The molecule has 0 aromatic heterocycles. The molecule has 4 nitrogen and oxygen atoms in total. The quantitative estimate of drug-likeness (QED) is 0.740. The molecule has 0 fully saturated rings. The summed E-state index contributed by atoms with van der Waals surface area (Å²) in [6.07, 6.45) is -0.505. The van der Waals surface area contributed by atoms with E-state index < -0.39 is 6.10 Å². The van der Waals surface area contributed by atoms with Gasteiger partial charge in [0.1, 0.15) is 24.2 Å². The van der Waals surface area contributed by atoms with Gasteiger partial charge in [0, 0.05) is 12.6 Å². The van der Waals surface area contributed by atoms with Gasteiger partial charge in [-0.2, -0.15) is 0 Å². The lowest BCUT2D eigenvalue weighted by molar-refractivity contribution is 0.105. The monoisotopic (exact) mass is 253 g/mol. The lowest BCUT2D eigenvalue weighted by Gasteiger charge is -2.14. The van der Waals surface area contributed by atoms with Gasteiger partial charge in [-0.25, -0.2) is 0 Å². The Balaban J connectivity index is 2.26. The highest BCUT2D eigenvalue weighted by Crippen LogP contribution is 2.18. The van der Waals surface area contributed by atoms with Crippen LogP contribution in [-0.4, -0.2) is 38.0 Å². The van der Waals surface area contributed by atoms with Gasteiger partial charge in [-0.3, -0.25) is 0 Å². The molecule has 0 amide bonds. The van der Waals surface area contributed by atoms with E-state index in [1.807, 2.05) is 18.2 Å². The van der Waals surface area contributed by atoms with Crippen LogP contribution in [0.4, 0.5) is 0 Å². The Labute approximate surface area is 109 Å². The minimum absolute atomic E-state index is 0.276. The number of nitrogens with one attached hydrogen (secondary N) is 1. The predicted molar refractivity (Wildman–Crippen MR) is 72.2 cm³/mol. The van der Waals surface area contributed by atoms with Gasteiger partial charge in [-0.15, -0.1) is 0 Å². The summed E-state index contributed by atoms with van der Waals surface area (Å²) in [5.41, 5.74) is 0. The van der Waals surface area contributed by atoms with Crippen molar-refractivity contribution in [1.82, 2.24) is 5.32 Å². The van der Waals surface area contributed by atoms with E-state index in [4.69, 9.17) is 9.47 Å². The molecule has 18 heavy (non-hydrogen) atoms. The van der Waals surface area contributed by atoms with Crippen LogP contribution in [0, 0.1) is 5.92 Å². The molecule has 0 aliphatic heterocycles. The van der Waals surface area contributed by atoms with Crippen molar-refractivity contribution in [3.8, 4) is 11.5 Å². The van der Waals surface area contributed by atoms with Gasteiger partial charge in [0.25, 0.3) is 0 Å². The smallest absolute Gasteiger partial charge is 0.123 e. The lowest BCUT2D eigenvalue weighted by Crippen LogP contribution is -2.33. The van der Waals surface area contributed by atoms with Crippen molar-refractivity contribution in [1.29, 1.82) is 0 Å². The minimum Gasteiger partial charge on any atom is -0.497 e. The summed E-state index contributed by atoms with van der Waals surface area (Å²) in [6, 6.07) is 7.36. The van der Waals surface area contributed by atoms with Gasteiger partial charge in [-0.1, -0.05) is 19.9 Å². The highest BCUT2D eigenvalue weighted by Gasteiger charge is 2.05. The summed E-state index contributed by atoms with van der Waals surface area (Å²) >= 11 is 0. The first kappa shape index (κ1) is 14.8. The van der Waals surface area contributed by atoms with Gasteiger partial charge in [0.15, 0.2) is 0 Å². The molecule has 0 bridgehead atoms. The van der Waals surface area contributed by atoms with E-state index in [2.05, 4.69) is 19.2 Å². The maximum atomic E-state index is 9.73. The fraction of sp³-hybridized carbons (Fsp3) is 0.571. The second-order valence-electron chi connectivity index (χ2n) is 4.70. The molecule has 0 aliphatic carbocycles. The zero-order valence-electron chi connectivity index (χ0n) is 11.3. The normalized spacial score (nSPS) is 12.5. The van der Waals surface area contributed by atoms with E-state index >= 15 is 0 Å². The van der Waals surface area contributed by atoms with Gasteiger partial charge in [0.05, 0.1) is 7.11 Å². The van der Waals surface area contributed by atoms with E-state index in [1.54, 1.807) is 13.2 Å². The zero-order valence-corrected chi connectivity index (χ0v) is 11.3. The summed E-state index contributed by atoms with van der Waals surface area (Å²) in [5, 5.41) is 12.9. The SMILES string of the molecule is COc1cccc(OC[C@@H](O)CNCC(C)C)c1. The Bertz CT molecular complexity index is 342. The summed E-state index contributed by atoms with van der Waals surface area (Å²) in [6.45, 7) is 5.98. The van der Waals surface area contributed by atoms with Crippen LogP contribution >= 0.6 is 0 Å². The molecule has 0 saturated carbocycles. The standard InChI is InChI=1S/C14H23NO3/c1-11(2)8-15-9-12(16)10-18-14-6-4-5-13(7-14)17-3/h4-7,11-12,15-16H,8-10H2,1-3H3/t12-/m0/s1. The van der Waals surface area contributed by atoms with E-state index in [9.17, 15) is 5.11 Å². The topological polar surface area (TPSA) is 50.7 Å². The third-order valence-electron chi connectivity index (χ3n) is 2.42. The van der Waals surface area contributed by atoms with Crippen molar-refractivity contribution in [3.05, 3.63) is 24.3 Å². The van der Waals surface area contributed by atoms with E-state index in [0.717, 1.165) is 12.3 Å². The Morgan fingerprint density at radius 1 is 1.22 bits per heavy atom. The Kier molecular flexibility index (Phi) is 6.54. The highest BCUT2D eigenvalue weighted by molar-refractivity contribution is 5.32. The van der Waals surface area contributed by atoms with E-state index in [-0.39, 0.29) is 6.61 Å². The molecule has 1 aromatic carbocycles. The largest absolute Gasteiger partial charge is 0.497 e. The van der Waals surface area contributed by atoms with Crippen LogP contribution in [0.3, 0.4) is 0 Å². The van der Waals surface area contributed by atoms with Crippen LogP contribution in [0.1, 0.15) is 13.8 Å². The number of hydrogen-bond acceptors (Lipinski definition) is 4. The molecule has 2 N–H and O–H groups in total. The summed E-state index contributed by atoms with van der Waals surface area (Å²) in [4.78, 5) is 0. The molecule has 0 spiro atoms. The van der Waals surface area contributed by atoms with Gasteiger partial charge >= 0.3 is 0 Å². The number of hydrogen-bond donors (Lipinski definition) is 2. The Hall–Kier alpha value is -1.26. The fourth-order valence-corrected chi connectivity index (χ4v) is 1.48. The zero-order chi connectivity index (χ0) is 13.4. The summed E-state index contributed by atoms with van der Waals surface area (Å²) < 4.78 is 10.6. The molecule has 1 aromatic rings. The van der Waals surface area contributed by atoms with Crippen LogP contribution in [0.25, 0.3) is 0 Å². The van der Waals surface area contributed by atoms with Crippen molar-refractivity contribution in [2.24, 2.45) is 5.92 Å². The fourth-order valence-electron chi connectivity index (χ4n) is 1.48. The van der Waals surface area contributed by atoms with Crippen LogP contribution in [0.2, 0.25) is 0 Å². The first-order valence-electron chi connectivity index (χ1n) is 6.27. The van der Waals surface area contributed by atoms with Crippen molar-refractivity contribution in [2.75, 3.05) is 26.8 Å². The Morgan fingerprint density at radius 2 is 1.94 bits per heavy atom. The van der Waals surface area contributed by atoms with Gasteiger partial charge in [-0.05, 0) is 24.6 Å². The van der Waals surface area contributed by atoms with Crippen LogP contribution in [0.5, 0.6) is 11.5 Å². The molecule has 0 heterocycles. The van der Waals surface area contributed by atoms with Crippen molar-refractivity contribution in [3.63, 3.8) is 0 Å². The van der Waals surface area contributed by atoms with Crippen LogP contribution in [-0.2, 0) is 0 Å². The number of methoxy groups -OCH3 is 1. The van der Waals surface area contributed by atoms with Crippen molar-refractivity contribution < 1.29 is 14.6 Å². The number of benzene rings is 1. The first-order chi connectivity index (χ1) is 8.61. The molecular weight excluding hydrogens is 230 g/mol. The maximum absolute atomic E-state index is 9.73. The summed E-state index contributed by atoms with van der Waals surface area (Å²) in [7, 11) is 1.61. The molecule has 1 atom stereocenters. The Morgan fingerprint density at radius 3 is 2.61 bits per heavy atom. The maximum Gasteiger partial charge on any atom is 0.123 e. The number of aliphatic hydroxyl groups excluding tert-OH is 1. The number of ether oxygens (including phenoxy) is 2. The van der Waals surface area contributed by atoms with E-state index in [1.165, 1.54) is 0 Å². The molecule has 0 unspecified atom stereocenters. The number of rotatable bonds is 8. The lowest BCUT2D eigenvalue weighted by atomic mass is 10.2. The molecule has 4 heteroatoms. The second kappa shape index (κ2) is 7.95. The molecular formula is C14H23NO3. The summed E-state index contributed by atoms with van der Waals surface area (Å²) in [5.74, 6) is 2.04. The molecule has 0 aliphatic rings. The number of aliphatic hydroxyl groups is 1. The minimum atomic E-state index is -0.505. The van der Waals surface area contributed by atoms with E-state index in [0.29, 0.717) is 18.2 Å². The molecule has 0 saturated heterocycles. The molecule has 1 rings (SSSR count). The average molecular weight is 253 g/mol. The van der Waals surface area contributed by atoms with Crippen molar-refractivity contribution in [2.45, 2.75) is 20.0 Å². The van der Waals surface area contributed by atoms with Gasteiger partial charge < -0.3 is 19.9 Å².